The molecule has 3 rings (SSSR count). The van der Waals surface area contributed by atoms with Crippen LogP contribution in [0.2, 0.25) is 0 Å². The van der Waals surface area contributed by atoms with Crippen LogP contribution < -0.4 is 0 Å². The van der Waals surface area contributed by atoms with E-state index >= 15 is 0 Å². The van der Waals surface area contributed by atoms with Crippen LogP contribution in [0.15, 0.2) is 24.3 Å². The van der Waals surface area contributed by atoms with Gasteiger partial charge in [-0.15, -0.1) is 0 Å². The summed E-state index contributed by atoms with van der Waals surface area (Å²) in [6.45, 7) is 5.40. The Balaban J connectivity index is 1.53. The van der Waals surface area contributed by atoms with Gasteiger partial charge >= 0.3 is 0 Å². The molecule has 25 heavy (non-hydrogen) atoms. The molecular formula is C20H31N3O2. The number of nitrogens with zero attached hydrogens (tertiary/aromatic N) is 3. The van der Waals surface area contributed by atoms with E-state index in [2.05, 4.69) is 27.8 Å². The van der Waals surface area contributed by atoms with E-state index in [1.807, 2.05) is 18.2 Å². The largest absolute Gasteiger partial charge is 0.392 e. The Hall–Kier alpha value is -1.43. The van der Waals surface area contributed by atoms with Crippen LogP contribution in [0.3, 0.4) is 0 Å². The van der Waals surface area contributed by atoms with Crippen LogP contribution in [0, 0.1) is 0 Å². The Morgan fingerprint density at radius 1 is 1.04 bits per heavy atom. The number of amides is 1. The first kappa shape index (κ1) is 18.4. The molecule has 0 bridgehead atoms. The van der Waals surface area contributed by atoms with Crippen molar-refractivity contribution in [2.24, 2.45) is 0 Å². The molecule has 0 saturated carbocycles. The van der Waals surface area contributed by atoms with Gasteiger partial charge in [0.2, 0.25) is 5.91 Å². The summed E-state index contributed by atoms with van der Waals surface area (Å²) in [4.78, 5) is 19.6. The number of aliphatic hydroxyl groups is 1. The fraction of sp³-hybridized carbons (Fsp3) is 0.650. The molecule has 5 heteroatoms. The number of aliphatic hydroxyl groups excluding tert-OH is 1. The van der Waals surface area contributed by atoms with E-state index in [1.54, 1.807) is 0 Å². The van der Waals surface area contributed by atoms with Crippen LogP contribution in [0.25, 0.3) is 0 Å². The molecule has 0 unspecified atom stereocenters. The van der Waals surface area contributed by atoms with Gasteiger partial charge in [-0.2, -0.15) is 0 Å². The topological polar surface area (TPSA) is 47.0 Å². The number of hydrogen-bond acceptors (Lipinski definition) is 4. The highest BCUT2D eigenvalue weighted by Crippen LogP contribution is 2.19. The smallest absolute Gasteiger partial charge is 0.240 e. The highest BCUT2D eigenvalue weighted by atomic mass is 16.3. The number of rotatable bonds is 4. The average Bonchev–Trinajstić information content (AvgIpc) is 2.86. The van der Waals surface area contributed by atoms with E-state index in [1.165, 1.54) is 24.8 Å². The summed E-state index contributed by atoms with van der Waals surface area (Å²) in [5.74, 6) is 0.319. The third kappa shape index (κ3) is 4.60. The molecule has 0 aliphatic carbocycles. The lowest BCUT2D eigenvalue weighted by molar-refractivity contribution is -0.138. The van der Waals surface area contributed by atoms with Crippen molar-refractivity contribution >= 4 is 5.91 Å². The third-order valence-corrected chi connectivity index (χ3v) is 5.67. The lowest BCUT2D eigenvalue weighted by Gasteiger charge is -2.38. The van der Waals surface area contributed by atoms with Crippen molar-refractivity contribution < 1.29 is 9.90 Å². The maximum Gasteiger partial charge on any atom is 0.240 e. The second kappa shape index (κ2) is 8.79. The van der Waals surface area contributed by atoms with E-state index in [0.717, 1.165) is 51.3 Å². The summed E-state index contributed by atoms with van der Waals surface area (Å²) in [6, 6.07) is 8.13. The maximum absolute atomic E-state index is 12.9. The molecule has 1 aromatic rings. The van der Waals surface area contributed by atoms with Crippen LogP contribution in [0.5, 0.6) is 0 Å². The Bertz CT molecular complexity index is 570. The van der Waals surface area contributed by atoms with Gasteiger partial charge < -0.3 is 10.0 Å². The molecule has 2 heterocycles. The predicted molar refractivity (Wildman–Crippen MR) is 99.1 cm³/mol. The van der Waals surface area contributed by atoms with Gasteiger partial charge in [0, 0.05) is 32.7 Å². The lowest BCUT2D eigenvalue weighted by Crippen LogP contribution is -2.54. The molecule has 1 atom stereocenters. The van der Waals surface area contributed by atoms with Crippen LogP contribution in [0.1, 0.15) is 36.8 Å². The fourth-order valence-corrected chi connectivity index (χ4v) is 4.01. The number of benzene rings is 1. The van der Waals surface area contributed by atoms with Crippen LogP contribution >= 0.6 is 0 Å². The van der Waals surface area contributed by atoms with Crippen molar-refractivity contribution in [3.63, 3.8) is 0 Å². The second-order valence-corrected chi connectivity index (χ2v) is 7.37. The minimum absolute atomic E-state index is 0.0733. The highest BCUT2D eigenvalue weighted by Gasteiger charge is 2.30. The molecule has 2 fully saturated rings. The minimum Gasteiger partial charge on any atom is -0.392 e. The van der Waals surface area contributed by atoms with E-state index in [-0.39, 0.29) is 12.6 Å². The Morgan fingerprint density at radius 2 is 1.76 bits per heavy atom. The molecule has 5 nitrogen and oxygen atoms in total. The van der Waals surface area contributed by atoms with Gasteiger partial charge in [0.1, 0.15) is 0 Å². The minimum atomic E-state index is 0.0733. The normalized spacial score (nSPS) is 23.4. The summed E-state index contributed by atoms with van der Waals surface area (Å²) in [6.07, 6.45) is 4.61. The number of likely N-dealkylation sites (N-methyl/N-ethyl adjacent to an activating group) is 1. The highest BCUT2D eigenvalue weighted by molar-refractivity contribution is 5.82. The SMILES string of the molecule is CN1CCCCC[C@@H]1C(=O)N1CCN(Cc2ccccc2CO)CC1. The van der Waals surface area contributed by atoms with E-state index in [9.17, 15) is 9.90 Å². The summed E-state index contributed by atoms with van der Waals surface area (Å²) in [5, 5.41) is 9.48. The molecule has 1 N–H and O–H groups in total. The molecule has 2 aliphatic rings. The fourth-order valence-electron chi connectivity index (χ4n) is 4.01. The van der Waals surface area contributed by atoms with Gasteiger partial charge in [-0.05, 0) is 37.6 Å². The molecule has 0 radical (unpaired) electrons. The van der Waals surface area contributed by atoms with Gasteiger partial charge in [0.05, 0.1) is 12.6 Å². The van der Waals surface area contributed by atoms with Gasteiger partial charge in [-0.3, -0.25) is 14.6 Å². The number of hydrogen-bond donors (Lipinski definition) is 1. The predicted octanol–water partition coefficient (Wildman–Crippen LogP) is 1.70. The Kier molecular flexibility index (Phi) is 6.45. The van der Waals surface area contributed by atoms with Crippen molar-refractivity contribution in [3.8, 4) is 0 Å². The zero-order valence-electron chi connectivity index (χ0n) is 15.4. The van der Waals surface area contributed by atoms with Gasteiger partial charge in [-0.1, -0.05) is 37.1 Å². The van der Waals surface area contributed by atoms with Gasteiger partial charge in [-0.25, -0.2) is 0 Å². The molecule has 1 aromatic carbocycles. The van der Waals surface area contributed by atoms with Crippen LogP contribution in [-0.4, -0.2) is 71.5 Å². The maximum atomic E-state index is 12.9. The summed E-state index contributed by atoms with van der Waals surface area (Å²) in [5.41, 5.74) is 2.19. The van der Waals surface area contributed by atoms with E-state index in [4.69, 9.17) is 0 Å². The molecular weight excluding hydrogens is 314 g/mol. The van der Waals surface area contributed by atoms with Crippen molar-refractivity contribution in [1.82, 2.24) is 14.7 Å². The third-order valence-electron chi connectivity index (χ3n) is 5.67. The monoisotopic (exact) mass is 345 g/mol. The van der Waals surface area contributed by atoms with Gasteiger partial charge in [0.15, 0.2) is 0 Å². The molecule has 0 aromatic heterocycles. The number of piperazine rings is 1. The second-order valence-electron chi connectivity index (χ2n) is 7.37. The molecule has 138 valence electrons. The first-order valence-electron chi connectivity index (χ1n) is 9.58. The summed E-state index contributed by atoms with van der Waals surface area (Å²) < 4.78 is 0. The van der Waals surface area contributed by atoms with Crippen molar-refractivity contribution in [2.45, 2.75) is 44.9 Å². The van der Waals surface area contributed by atoms with Crippen molar-refractivity contribution in [2.75, 3.05) is 39.8 Å². The number of likely N-dealkylation sites (tertiary alicyclic amines) is 1. The lowest BCUT2D eigenvalue weighted by atomic mass is 10.1. The molecule has 1 amide bonds. The van der Waals surface area contributed by atoms with E-state index in [0.29, 0.717) is 5.91 Å². The quantitative estimate of drug-likeness (QED) is 0.902. The number of carbonyl (C=O) groups is 1. The molecule has 0 spiro atoms. The zero-order valence-corrected chi connectivity index (χ0v) is 15.4. The Labute approximate surface area is 151 Å². The zero-order chi connectivity index (χ0) is 17.6. The Morgan fingerprint density at radius 3 is 2.48 bits per heavy atom. The number of carbonyl (C=O) groups excluding carboxylic acids is 1. The van der Waals surface area contributed by atoms with Crippen LogP contribution in [-0.2, 0) is 17.9 Å². The summed E-state index contributed by atoms with van der Waals surface area (Å²) in [7, 11) is 2.09. The van der Waals surface area contributed by atoms with Crippen molar-refractivity contribution in [3.05, 3.63) is 35.4 Å². The molecule has 2 saturated heterocycles. The van der Waals surface area contributed by atoms with E-state index < -0.39 is 0 Å². The van der Waals surface area contributed by atoms with Crippen LogP contribution in [0.4, 0.5) is 0 Å². The first-order valence-corrected chi connectivity index (χ1v) is 9.58. The summed E-state index contributed by atoms with van der Waals surface area (Å²) >= 11 is 0. The molecule has 2 aliphatic heterocycles. The first-order chi connectivity index (χ1) is 12.2. The van der Waals surface area contributed by atoms with Gasteiger partial charge in [0.25, 0.3) is 0 Å². The van der Waals surface area contributed by atoms with Crippen molar-refractivity contribution in [1.29, 1.82) is 0 Å². The standard InChI is InChI=1S/C20H31N3O2/c1-21-10-6-2-3-9-19(21)20(25)23-13-11-22(12-14-23)15-17-7-4-5-8-18(17)16-24/h4-5,7-8,19,24H,2-3,6,9-16H2,1H3/t19-/m1/s1. The average molecular weight is 345 g/mol.